The van der Waals surface area contributed by atoms with Crippen molar-refractivity contribution in [1.82, 2.24) is 0 Å². The van der Waals surface area contributed by atoms with Gasteiger partial charge in [0.15, 0.2) is 6.10 Å². The Balaban J connectivity index is 4.55. The van der Waals surface area contributed by atoms with E-state index >= 15 is 0 Å². The number of carboxylic acid groups (broad SMARTS) is 1. The normalized spacial score (nSPS) is 20.0. The van der Waals surface area contributed by atoms with Gasteiger partial charge in [-0.15, -0.1) is 0 Å². The van der Waals surface area contributed by atoms with Crippen LogP contribution in [0.5, 0.6) is 0 Å². The Morgan fingerprint density at radius 1 is 1.05 bits per heavy atom. The van der Waals surface area contributed by atoms with E-state index in [0.29, 0.717) is 6.42 Å². The van der Waals surface area contributed by atoms with E-state index in [1.165, 1.54) is 0 Å². The number of carbonyl (C=O) groups is 1. The van der Waals surface area contributed by atoms with Crippen LogP contribution in [-0.2, 0) is 4.79 Å². The number of hydroxylamine groups is 3. The van der Waals surface area contributed by atoms with Crippen LogP contribution in [0.4, 0.5) is 0 Å². The number of hydrogen-bond acceptors (Lipinski definition) is 6. The molecule has 0 heterocycles. The first-order chi connectivity index (χ1) is 10.2. The highest BCUT2D eigenvalue weighted by molar-refractivity contribution is 5.72. The molecule has 0 aromatic heterocycles. The van der Waals surface area contributed by atoms with Gasteiger partial charge in [0.1, 0.15) is 24.9 Å². The summed E-state index contributed by atoms with van der Waals surface area (Å²) in [5.41, 5.74) is 0. The van der Waals surface area contributed by atoms with Crippen molar-refractivity contribution in [3.05, 3.63) is 5.21 Å². The van der Waals surface area contributed by atoms with Crippen molar-refractivity contribution < 1.29 is 35.0 Å². The van der Waals surface area contributed by atoms with Gasteiger partial charge >= 0.3 is 5.97 Å². The molecule has 0 amide bonds. The molecule has 5 N–H and O–H groups in total. The average molecular weight is 323 g/mol. The topological polar surface area (TPSA) is 141 Å². The molecule has 0 rings (SSSR count). The lowest BCUT2D eigenvalue weighted by Crippen LogP contribution is -2.55. The monoisotopic (exact) mass is 323 g/mol. The van der Waals surface area contributed by atoms with Crippen LogP contribution in [0.3, 0.4) is 0 Å². The highest BCUT2D eigenvalue weighted by Crippen LogP contribution is 2.14. The SMILES string of the molecule is CCCCCC[N+]([O-])(CC)C[C@@H](O)[C@H](O)[C@H](O)[C@H](O)C(=O)O. The zero-order chi connectivity index (χ0) is 17.3. The molecule has 22 heavy (non-hydrogen) atoms. The second kappa shape index (κ2) is 10.1. The fourth-order valence-corrected chi connectivity index (χ4v) is 2.21. The first-order valence-electron chi connectivity index (χ1n) is 7.70. The summed E-state index contributed by atoms with van der Waals surface area (Å²) >= 11 is 0. The molecule has 0 aliphatic carbocycles. The Kier molecular flexibility index (Phi) is 9.74. The maximum atomic E-state index is 12.5. The van der Waals surface area contributed by atoms with Crippen LogP contribution in [0.15, 0.2) is 0 Å². The Morgan fingerprint density at radius 2 is 1.64 bits per heavy atom. The number of hydrogen-bond donors (Lipinski definition) is 5. The van der Waals surface area contributed by atoms with E-state index in [9.17, 15) is 25.3 Å². The third-order valence-electron chi connectivity index (χ3n) is 3.84. The van der Waals surface area contributed by atoms with Gasteiger partial charge in [-0.3, -0.25) is 0 Å². The van der Waals surface area contributed by atoms with Crippen LogP contribution in [0.25, 0.3) is 0 Å². The zero-order valence-electron chi connectivity index (χ0n) is 13.3. The number of carboxylic acids is 1. The summed E-state index contributed by atoms with van der Waals surface area (Å²) in [6, 6.07) is 0. The van der Waals surface area contributed by atoms with Crippen LogP contribution in [0, 0.1) is 5.21 Å². The fraction of sp³-hybridized carbons (Fsp3) is 0.929. The second-order valence-corrected chi connectivity index (χ2v) is 5.67. The smallest absolute Gasteiger partial charge is 0.335 e. The molecule has 8 nitrogen and oxygen atoms in total. The minimum atomic E-state index is -2.22. The Labute approximate surface area is 130 Å². The molecular weight excluding hydrogens is 294 g/mol. The predicted molar refractivity (Wildman–Crippen MR) is 79.7 cm³/mol. The first-order valence-corrected chi connectivity index (χ1v) is 7.70. The zero-order valence-corrected chi connectivity index (χ0v) is 13.3. The lowest BCUT2D eigenvalue weighted by Gasteiger charge is -2.44. The standard InChI is InChI=1S/C14H29NO7/c1-3-5-6-7-8-15(22,4-2)9-10(16)11(17)12(18)13(19)14(20)21/h10-13,16-19H,3-9H2,1-2H3,(H,20,21)/t10-,11+,12+,13+,15?/m1/s1. The Hall–Kier alpha value is -0.770. The van der Waals surface area contributed by atoms with Crippen LogP contribution < -0.4 is 0 Å². The minimum Gasteiger partial charge on any atom is -0.633 e. The summed E-state index contributed by atoms with van der Waals surface area (Å²) in [4.78, 5) is 10.5. The molecule has 0 aromatic carbocycles. The maximum absolute atomic E-state index is 12.5. The third-order valence-corrected chi connectivity index (χ3v) is 3.84. The second-order valence-electron chi connectivity index (χ2n) is 5.67. The Bertz CT molecular complexity index is 328. The van der Waals surface area contributed by atoms with Gasteiger partial charge in [-0.1, -0.05) is 19.8 Å². The van der Waals surface area contributed by atoms with E-state index in [-0.39, 0.29) is 19.6 Å². The van der Waals surface area contributed by atoms with Crippen LogP contribution in [0.1, 0.15) is 39.5 Å². The van der Waals surface area contributed by atoms with E-state index in [2.05, 4.69) is 0 Å². The van der Waals surface area contributed by atoms with E-state index in [1.807, 2.05) is 6.92 Å². The van der Waals surface area contributed by atoms with Crippen LogP contribution in [0.2, 0.25) is 0 Å². The van der Waals surface area contributed by atoms with Gasteiger partial charge in [0.25, 0.3) is 0 Å². The van der Waals surface area contributed by atoms with Gasteiger partial charge in [-0.05, 0) is 19.8 Å². The number of quaternary nitrogens is 1. The van der Waals surface area contributed by atoms with Crippen LogP contribution in [-0.4, -0.2) is 80.2 Å². The summed E-state index contributed by atoms with van der Waals surface area (Å²) in [7, 11) is 0. The van der Waals surface area contributed by atoms with Crippen molar-refractivity contribution in [2.75, 3.05) is 19.6 Å². The molecule has 0 aliphatic heterocycles. The molecule has 5 atom stereocenters. The van der Waals surface area contributed by atoms with Crippen molar-refractivity contribution in [2.45, 2.75) is 63.9 Å². The minimum absolute atomic E-state index is 0.188. The number of unbranched alkanes of at least 4 members (excludes halogenated alkanes) is 3. The molecule has 8 heteroatoms. The van der Waals surface area contributed by atoms with Gasteiger partial charge in [-0.25, -0.2) is 4.79 Å². The largest absolute Gasteiger partial charge is 0.633 e. The number of nitrogens with zero attached hydrogens (tertiary/aromatic N) is 1. The maximum Gasteiger partial charge on any atom is 0.335 e. The molecular formula is C14H29NO7. The lowest BCUT2D eigenvalue weighted by molar-refractivity contribution is -0.882. The molecule has 132 valence electrons. The predicted octanol–water partition coefficient (Wildman–Crippen LogP) is -0.571. The van der Waals surface area contributed by atoms with Gasteiger partial charge < -0.3 is 35.4 Å². The van der Waals surface area contributed by atoms with Crippen molar-refractivity contribution >= 4 is 5.97 Å². The highest BCUT2D eigenvalue weighted by atomic mass is 16.5. The van der Waals surface area contributed by atoms with E-state index in [0.717, 1.165) is 19.3 Å². The molecule has 0 spiro atoms. The van der Waals surface area contributed by atoms with E-state index in [4.69, 9.17) is 10.2 Å². The molecule has 0 aliphatic rings. The molecule has 0 fully saturated rings. The number of rotatable bonds is 12. The number of likely N-dealkylation sites (N-methyl/N-ethyl adjacent to an activating group) is 1. The van der Waals surface area contributed by atoms with Gasteiger partial charge in [-0.2, -0.15) is 0 Å². The molecule has 0 saturated carbocycles. The molecule has 0 bridgehead atoms. The molecule has 0 radical (unpaired) electrons. The summed E-state index contributed by atoms with van der Waals surface area (Å²) in [5, 5.41) is 59.3. The number of aliphatic hydroxyl groups excluding tert-OH is 4. The number of aliphatic carboxylic acids is 1. The molecule has 1 unspecified atom stereocenters. The summed E-state index contributed by atoms with van der Waals surface area (Å²) in [5.74, 6) is -1.71. The summed E-state index contributed by atoms with van der Waals surface area (Å²) in [6.45, 7) is 3.81. The summed E-state index contributed by atoms with van der Waals surface area (Å²) in [6.07, 6.45) is -4.16. The summed E-state index contributed by atoms with van der Waals surface area (Å²) < 4.78 is -0.738. The van der Waals surface area contributed by atoms with E-state index < -0.39 is 35.0 Å². The van der Waals surface area contributed by atoms with Crippen molar-refractivity contribution in [1.29, 1.82) is 0 Å². The van der Waals surface area contributed by atoms with E-state index in [1.54, 1.807) is 6.92 Å². The quantitative estimate of drug-likeness (QED) is 0.184. The van der Waals surface area contributed by atoms with Gasteiger partial charge in [0, 0.05) is 0 Å². The lowest BCUT2D eigenvalue weighted by atomic mass is 10.0. The third kappa shape index (κ3) is 6.99. The first kappa shape index (κ1) is 21.2. The molecule has 0 aromatic rings. The van der Waals surface area contributed by atoms with Crippen molar-refractivity contribution in [3.63, 3.8) is 0 Å². The average Bonchev–Trinajstić information content (AvgIpc) is 2.49. The van der Waals surface area contributed by atoms with Crippen molar-refractivity contribution in [3.8, 4) is 0 Å². The highest BCUT2D eigenvalue weighted by Gasteiger charge is 2.36. The van der Waals surface area contributed by atoms with Crippen LogP contribution >= 0.6 is 0 Å². The van der Waals surface area contributed by atoms with Gasteiger partial charge in [0.05, 0.1) is 13.1 Å². The number of aliphatic hydroxyl groups is 4. The van der Waals surface area contributed by atoms with Gasteiger partial charge in [0.2, 0.25) is 0 Å². The van der Waals surface area contributed by atoms with Crippen molar-refractivity contribution in [2.24, 2.45) is 0 Å². The fourth-order valence-electron chi connectivity index (χ4n) is 2.21. The Morgan fingerprint density at radius 3 is 2.09 bits per heavy atom. The molecule has 0 saturated heterocycles.